The van der Waals surface area contributed by atoms with Crippen molar-refractivity contribution in [2.75, 3.05) is 5.32 Å². The zero-order chi connectivity index (χ0) is 21.6. The topological polar surface area (TPSA) is 62.7 Å². The summed E-state index contributed by atoms with van der Waals surface area (Å²) in [5.41, 5.74) is -0.104. The molecule has 2 aromatic rings. The molecule has 2 N–H and O–H groups in total. The van der Waals surface area contributed by atoms with Gasteiger partial charge in [-0.25, -0.2) is 13.8 Å². The number of halogens is 5. The highest BCUT2D eigenvalue weighted by Crippen LogP contribution is 2.37. The monoisotopic (exact) mass is 463 g/mol. The molecule has 1 saturated heterocycles. The molecular weight excluding hydrogens is 443 g/mol. The van der Waals surface area contributed by atoms with Gasteiger partial charge in [-0.2, -0.15) is 9.97 Å². The van der Waals surface area contributed by atoms with Crippen molar-refractivity contribution >= 4 is 40.8 Å². The van der Waals surface area contributed by atoms with Gasteiger partial charge in [0.1, 0.15) is 11.6 Å². The number of rotatable bonds is 3. The number of hydrogen-bond acceptors (Lipinski definition) is 5. The van der Waals surface area contributed by atoms with Gasteiger partial charge in [0.25, 0.3) is 0 Å². The van der Waals surface area contributed by atoms with Crippen molar-refractivity contribution in [1.29, 1.82) is 0 Å². The molecule has 158 valence electrons. The van der Waals surface area contributed by atoms with E-state index in [1.165, 1.54) is 0 Å². The van der Waals surface area contributed by atoms with Crippen molar-refractivity contribution in [1.82, 2.24) is 20.3 Å². The fourth-order valence-electron chi connectivity index (χ4n) is 3.99. The molecule has 0 atom stereocenters. The van der Waals surface area contributed by atoms with E-state index in [1.807, 2.05) is 0 Å². The molecule has 3 rings (SSSR count). The van der Waals surface area contributed by atoms with Crippen LogP contribution in [0, 0.1) is 11.6 Å². The minimum absolute atomic E-state index is 0.00896. The van der Waals surface area contributed by atoms with Crippen molar-refractivity contribution < 1.29 is 8.78 Å². The Bertz CT molecular complexity index is 879. The van der Waals surface area contributed by atoms with Crippen LogP contribution in [0.1, 0.15) is 46.4 Å². The SMILES string of the molecule is CC1(C)CC(Nc2nc(-c3cc(F)cc(F)c3)nc(C(Cl)(Cl)Cl)n2)CC(C)(C)N1. The Morgan fingerprint density at radius 1 is 0.966 bits per heavy atom. The number of piperidine rings is 1. The van der Waals surface area contributed by atoms with Gasteiger partial charge >= 0.3 is 0 Å². The Morgan fingerprint density at radius 2 is 1.52 bits per heavy atom. The van der Waals surface area contributed by atoms with E-state index in [-0.39, 0.29) is 40.3 Å². The Hall–Kier alpha value is -1.28. The number of anilines is 1. The second kappa shape index (κ2) is 7.76. The maximum absolute atomic E-state index is 13.7. The van der Waals surface area contributed by atoms with E-state index >= 15 is 0 Å². The Morgan fingerprint density at radius 3 is 2.03 bits per heavy atom. The van der Waals surface area contributed by atoms with Crippen LogP contribution in [0.5, 0.6) is 0 Å². The lowest BCUT2D eigenvalue weighted by atomic mass is 9.80. The van der Waals surface area contributed by atoms with Gasteiger partial charge in [0, 0.05) is 28.7 Å². The fraction of sp³-hybridized carbons (Fsp3) is 0.526. The van der Waals surface area contributed by atoms with E-state index in [0.717, 1.165) is 31.0 Å². The Labute approximate surface area is 183 Å². The van der Waals surface area contributed by atoms with Crippen LogP contribution >= 0.6 is 34.8 Å². The average Bonchev–Trinajstić information content (AvgIpc) is 2.49. The number of hydrogen-bond donors (Lipinski definition) is 2. The molecule has 0 spiro atoms. The first-order chi connectivity index (χ1) is 13.2. The summed E-state index contributed by atoms with van der Waals surface area (Å²) < 4.78 is 25.4. The van der Waals surface area contributed by atoms with Crippen molar-refractivity contribution in [3.63, 3.8) is 0 Å². The maximum Gasteiger partial charge on any atom is 0.250 e. The number of aromatic nitrogens is 3. The van der Waals surface area contributed by atoms with Crippen LogP contribution in [0.15, 0.2) is 18.2 Å². The molecule has 0 saturated carbocycles. The van der Waals surface area contributed by atoms with Gasteiger partial charge in [-0.1, -0.05) is 34.8 Å². The van der Waals surface area contributed by atoms with E-state index in [4.69, 9.17) is 34.8 Å². The first kappa shape index (κ1) is 22.4. The number of nitrogens with one attached hydrogen (secondary N) is 2. The number of benzene rings is 1. The third kappa shape index (κ3) is 5.87. The van der Waals surface area contributed by atoms with Crippen LogP contribution in [0.4, 0.5) is 14.7 Å². The lowest BCUT2D eigenvalue weighted by Crippen LogP contribution is -2.60. The summed E-state index contributed by atoms with van der Waals surface area (Å²) in [5, 5.41) is 6.87. The predicted octanol–water partition coefficient (Wildman–Crippen LogP) is 5.36. The second-order valence-electron chi connectivity index (χ2n) is 8.60. The van der Waals surface area contributed by atoms with E-state index in [9.17, 15) is 8.78 Å². The first-order valence-corrected chi connectivity index (χ1v) is 10.2. The molecule has 0 radical (unpaired) electrons. The van der Waals surface area contributed by atoms with Gasteiger partial charge in [-0.15, -0.1) is 0 Å². The van der Waals surface area contributed by atoms with Gasteiger partial charge in [0.05, 0.1) is 0 Å². The molecule has 29 heavy (non-hydrogen) atoms. The predicted molar refractivity (Wildman–Crippen MR) is 112 cm³/mol. The van der Waals surface area contributed by atoms with E-state index in [0.29, 0.717) is 0 Å². The standard InChI is InChI=1S/C19H22Cl3F2N5/c1-17(2)8-13(9-18(3,4)29-17)25-16-27-14(26-15(28-16)19(20,21)22)10-5-11(23)7-12(24)6-10/h5-7,13,29H,8-9H2,1-4H3,(H,25,26,27,28). The molecule has 1 aromatic heterocycles. The summed E-state index contributed by atoms with van der Waals surface area (Å²) in [6.07, 6.45) is 1.60. The van der Waals surface area contributed by atoms with Crippen molar-refractivity contribution in [2.45, 2.75) is 61.4 Å². The summed E-state index contributed by atoms with van der Waals surface area (Å²) in [6.45, 7) is 8.46. The molecule has 5 nitrogen and oxygen atoms in total. The van der Waals surface area contributed by atoms with Crippen molar-refractivity contribution in [3.05, 3.63) is 35.7 Å². The maximum atomic E-state index is 13.7. The molecule has 1 aromatic carbocycles. The van der Waals surface area contributed by atoms with Crippen LogP contribution in [-0.2, 0) is 3.79 Å². The zero-order valence-electron chi connectivity index (χ0n) is 16.5. The van der Waals surface area contributed by atoms with Crippen LogP contribution < -0.4 is 10.6 Å². The Kier molecular flexibility index (Phi) is 6.00. The smallest absolute Gasteiger partial charge is 0.250 e. The quantitative estimate of drug-likeness (QED) is 0.598. The third-order valence-electron chi connectivity index (χ3n) is 4.53. The normalized spacial score (nSPS) is 19.2. The molecule has 1 aliphatic rings. The molecule has 10 heteroatoms. The lowest BCUT2D eigenvalue weighted by Gasteiger charge is -2.46. The highest BCUT2D eigenvalue weighted by molar-refractivity contribution is 6.66. The van der Waals surface area contributed by atoms with E-state index in [2.05, 4.69) is 53.3 Å². The summed E-state index contributed by atoms with van der Waals surface area (Å²) in [5.74, 6) is -1.46. The summed E-state index contributed by atoms with van der Waals surface area (Å²) in [6, 6.07) is 3.02. The number of nitrogens with zero attached hydrogens (tertiary/aromatic N) is 3. The van der Waals surface area contributed by atoms with Crippen LogP contribution in [0.25, 0.3) is 11.4 Å². The average molecular weight is 465 g/mol. The molecular formula is C19H22Cl3F2N5. The fourth-order valence-corrected chi connectivity index (χ4v) is 4.24. The molecule has 0 aliphatic carbocycles. The van der Waals surface area contributed by atoms with Gasteiger partial charge in [-0.05, 0) is 52.7 Å². The molecule has 1 fully saturated rings. The lowest BCUT2D eigenvalue weighted by molar-refractivity contribution is 0.170. The highest BCUT2D eigenvalue weighted by atomic mass is 35.6. The third-order valence-corrected chi connectivity index (χ3v) is 5.04. The largest absolute Gasteiger partial charge is 0.351 e. The van der Waals surface area contributed by atoms with E-state index < -0.39 is 15.4 Å². The van der Waals surface area contributed by atoms with Gasteiger partial charge in [0.2, 0.25) is 9.74 Å². The molecule has 0 amide bonds. The van der Waals surface area contributed by atoms with E-state index in [1.54, 1.807) is 0 Å². The minimum Gasteiger partial charge on any atom is -0.351 e. The Balaban J connectivity index is 2.00. The number of alkyl halides is 3. The summed E-state index contributed by atoms with van der Waals surface area (Å²) >= 11 is 17.9. The molecule has 2 heterocycles. The van der Waals surface area contributed by atoms with Crippen molar-refractivity contribution in [2.24, 2.45) is 0 Å². The zero-order valence-corrected chi connectivity index (χ0v) is 18.7. The molecule has 0 bridgehead atoms. The second-order valence-corrected chi connectivity index (χ2v) is 10.9. The van der Waals surface area contributed by atoms with Crippen LogP contribution in [0.2, 0.25) is 0 Å². The van der Waals surface area contributed by atoms with Crippen LogP contribution in [0.3, 0.4) is 0 Å². The summed E-state index contributed by atoms with van der Waals surface area (Å²) in [7, 11) is 0. The summed E-state index contributed by atoms with van der Waals surface area (Å²) in [4.78, 5) is 12.7. The van der Waals surface area contributed by atoms with Crippen molar-refractivity contribution in [3.8, 4) is 11.4 Å². The minimum atomic E-state index is -1.92. The molecule has 1 aliphatic heterocycles. The van der Waals surface area contributed by atoms with Gasteiger partial charge in [0.15, 0.2) is 11.6 Å². The highest BCUT2D eigenvalue weighted by Gasteiger charge is 2.38. The molecule has 0 unspecified atom stereocenters. The van der Waals surface area contributed by atoms with Gasteiger partial charge in [-0.3, -0.25) is 0 Å². The van der Waals surface area contributed by atoms with Gasteiger partial charge < -0.3 is 10.6 Å². The first-order valence-electron chi connectivity index (χ1n) is 9.08. The van der Waals surface area contributed by atoms with Crippen LogP contribution in [-0.4, -0.2) is 32.1 Å².